The molecule has 0 atom stereocenters. The summed E-state index contributed by atoms with van der Waals surface area (Å²) < 4.78 is 12.7. The third-order valence-electron chi connectivity index (χ3n) is 5.77. The highest BCUT2D eigenvalue weighted by atomic mass is 16.6. The van der Waals surface area contributed by atoms with E-state index in [4.69, 9.17) is 19.7 Å². The Hall–Kier alpha value is -3.21. The maximum atomic E-state index is 11.5. The number of nitro benzene ring substituents is 1. The van der Waals surface area contributed by atoms with E-state index in [2.05, 4.69) is 5.10 Å². The van der Waals surface area contributed by atoms with Gasteiger partial charge in [-0.15, -0.1) is 0 Å². The van der Waals surface area contributed by atoms with Crippen molar-refractivity contribution >= 4 is 28.5 Å². The van der Waals surface area contributed by atoms with Crippen LogP contribution >= 0.6 is 0 Å². The summed E-state index contributed by atoms with van der Waals surface area (Å²) in [6, 6.07) is 3.08. The monoisotopic (exact) mass is 433 g/mol. The largest absolute Gasteiger partial charge is 0.486 e. The maximum Gasteiger partial charge on any atom is 0.344 e. The fraction of sp³-hybridized carbons (Fsp3) is 0.550. The summed E-state index contributed by atoms with van der Waals surface area (Å²) >= 11 is 0. The summed E-state index contributed by atoms with van der Waals surface area (Å²) in [5.41, 5.74) is 0.518. The van der Waals surface area contributed by atoms with Gasteiger partial charge in [-0.2, -0.15) is 5.10 Å². The van der Waals surface area contributed by atoms with E-state index in [0.29, 0.717) is 49.1 Å². The van der Waals surface area contributed by atoms with Gasteiger partial charge in [-0.1, -0.05) is 0 Å². The molecule has 0 saturated heterocycles. The quantitative estimate of drug-likeness (QED) is 0.345. The van der Waals surface area contributed by atoms with Crippen LogP contribution in [-0.2, 0) is 14.3 Å². The second kappa shape index (κ2) is 8.50. The summed E-state index contributed by atoms with van der Waals surface area (Å²) in [5, 5.41) is 34.6. The lowest BCUT2D eigenvalue weighted by atomic mass is 9.93. The third-order valence-corrected chi connectivity index (χ3v) is 5.77. The molecule has 0 unspecified atom stereocenters. The van der Waals surface area contributed by atoms with Crippen LogP contribution in [0.3, 0.4) is 0 Å². The molecule has 0 aliphatic heterocycles. The Labute approximate surface area is 176 Å². The first-order valence-corrected chi connectivity index (χ1v) is 10.2. The summed E-state index contributed by atoms with van der Waals surface area (Å²) in [4.78, 5) is 33.0. The molecule has 1 heterocycles. The van der Waals surface area contributed by atoms with Crippen molar-refractivity contribution in [1.82, 2.24) is 9.78 Å². The molecule has 2 saturated carbocycles. The number of benzene rings is 1. The molecule has 2 aliphatic rings. The number of nitro groups is 1. The lowest BCUT2D eigenvalue weighted by Crippen LogP contribution is -2.37. The number of aromatic nitrogens is 2. The summed E-state index contributed by atoms with van der Waals surface area (Å²) in [6.45, 7) is 0.463. The molecule has 1 aromatic heterocycles. The molecule has 0 spiro atoms. The molecule has 11 nitrogen and oxygen atoms in total. The highest BCUT2D eigenvalue weighted by Crippen LogP contribution is 2.36. The summed E-state index contributed by atoms with van der Waals surface area (Å²) in [6.07, 6.45) is 3.83. The number of ether oxygens (including phenoxy) is 2. The van der Waals surface area contributed by atoms with Crippen LogP contribution in [0.1, 0.15) is 44.6 Å². The van der Waals surface area contributed by atoms with E-state index in [1.165, 1.54) is 6.07 Å². The van der Waals surface area contributed by atoms with Crippen LogP contribution < -0.4 is 4.74 Å². The molecule has 4 rings (SSSR count). The van der Waals surface area contributed by atoms with Crippen molar-refractivity contribution in [3.63, 3.8) is 0 Å². The Morgan fingerprint density at radius 1 is 1.16 bits per heavy atom. The lowest BCUT2D eigenvalue weighted by molar-refractivity contribution is -0.385. The van der Waals surface area contributed by atoms with Gasteiger partial charge in [0.25, 0.3) is 6.10 Å². The van der Waals surface area contributed by atoms with Gasteiger partial charge in [0.05, 0.1) is 29.2 Å². The third kappa shape index (κ3) is 4.76. The SMILES string of the molecule is O=C(O)C(OC1CCC(n2cc3cc([N+](=O)[O-])c(OCC4CC4)cc3n2)CC1)C(=O)O. The molecule has 2 N–H and O–H groups in total. The van der Waals surface area contributed by atoms with Crippen molar-refractivity contribution in [2.45, 2.75) is 56.8 Å². The van der Waals surface area contributed by atoms with Gasteiger partial charge in [-0.25, -0.2) is 9.59 Å². The minimum atomic E-state index is -1.87. The molecule has 2 fully saturated rings. The van der Waals surface area contributed by atoms with Gasteiger partial charge in [0.2, 0.25) is 0 Å². The zero-order valence-electron chi connectivity index (χ0n) is 16.7. The normalized spacial score (nSPS) is 21.3. The Morgan fingerprint density at radius 2 is 1.84 bits per heavy atom. The molecule has 31 heavy (non-hydrogen) atoms. The van der Waals surface area contributed by atoms with Crippen molar-refractivity contribution in [2.24, 2.45) is 5.92 Å². The van der Waals surface area contributed by atoms with Gasteiger partial charge in [-0.05, 0) is 44.4 Å². The molecule has 1 aromatic carbocycles. The topological polar surface area (TPSA) is 154 Å². The zero-order valence-corrected chi connectivity index (χ0v) is 16.7. The Kier molecular flexibility index (Phi) is 5.77. The summed E-state index contributed by atoms with van der Waals surface area (Å²) in [5.74, 6) is -2.35. The van der Waals surface area contributed by atoms with Crippen LogP contribution in [0.15, 0.2) is 18.3 Å². The Balaban J connectivity index is 1.45. The predicted molar refractivity (Wildman–Crippen MR) is 106 cm³/mol. The number of hydrogen-bond acceptors (Lipinski definition) is 7. The van der Waals surface area contributed by atoms with E-state index in [9.17, 15) is 19.7 Å². The van der Waals surface area contributed by atoms with E-state index in [0.717, 1.165) is 12.8 Å². The van der Waals surface area contributed by atoms with Crippen molar-refractivity contribution < 1.29 is 34.2 Å². The van der Waals surface area contributed by atoms with Crippen molar-refractivity contribution in [2.75, 3.05) is 6.61 Å². The average molecular weight is 433 g/mol. The van der Waals surface area contributed by atoms with E-state index in [1.807, 2.05) is 0 Å². The molecular formula is C20H23N3O8. The fourth-order valence-electron chi connectivity index (χ4n) is 3.86. The van der Waals surface area contributed by atoms with Crippen LogP contribution in [0.5, 0.6) is 5.75 Å². The van der Waals surface area contributed by atoms with Gasteiger partial charge in [-0.3, -0.25) is 14.8 Å². The van der Waals surface area contributed by atoms with Crippen LogP contribution in [-0.4, -0.2) is 55.7 Å². The van der Waals surface area contributed by atoms with E-state index >= 15 is 0 Å². The first kappa shape index (κ1) is 21.0. The minimum absolute atomic E-state index is 0.00949. The minimum Gasteiger partial charge on any atom is -0.486 e. The molecule has 0 radical (unpaired) electrons. The lowest BCUT2D eigenvalue weighted by Gasteiger charge is -2.29. The smallest absolute Gasteiger partial charge is 0.344 e. The maximum absolute atomic E-state index is 11.5. The van der Waals surface area contributed by atoms with Gasteiger partial charge in [0, 0.05) is 23.7 Å². The van der Waals surface area contributed by atoms with E-state index < -0.39 is 29.1 Å². The number of fused-ring (bicyclic) bond motifs is 1. The molecule has 166 valence electrons. The van der Waals surface area contributed by atoms with Crippen LogP contribution in [0.4, 0.5) is 5.69 Å². The number of aliphatic carboxylic acids is 2. The van der Waals surface area contributed by atoms with Gasteiger partial charge >= 0.3 is 17.6 Å². The van der Waals surface area contributed by atoms with Gasteiger partial charge in [0.1, 0.15) is 0 Å². The zero-order chi connectivity index (χ0) is 22.1. The fourth-order valence-corrected chi connectivity index (χ4v) is 3.86. The van der Waals surface area contributed by atoms with Crippen LogP contribution in [0.25, 0.3) is 10.9 Å². The van der Waals surface area contributed by atoms with E-state index in [1.54, 1.807) is 16.9 Å². The van der Waals surface area contributed by atoms with Crippen LogP contribution in [0, 0.1) is 16.0 Å². The van der Waals surface area contributed by atoms with Crippen molar-refractivity contribution in [3.8, 4) is 5.75 Å². The number of nitrogens with zero attached hydrogens (tertiary/aromatic N) is 3. The molecular weight excluding hydrogens is 410 g/mol. The molecule has 11 heteroatoms. The molecule has 2 aromatic rings. The second-order valence-electron chi connectivity index (χ2n) is 8.12. The molecule has 0 amide bonds. The van der Waals surface area contributed by atoms with E-state index in [-0.39, 0.29) is 17.5 Å². The first-order valence-electron chi connectivity index (χ1n) is 10.2. The highest BCUT2D eigenvalue weighted by molar-refractivity contribution is 5.96. The number of carbonyl (C=O) groups is 2. The van der Waals surface area contributed by atoms with Gasteiger partial charge in [0.15, 0.2) is 5.75 Å². The Bertz CT molecular complexity index is 993. The predicted octanol–water partition coefficient (Wildman–Crippen LogP) is 2.77. The van der Waals surface area contributed by atoms with Gasteiger partial charge < -0.3 is 19.7 Å². The molecule has 2 aliphatic carbocycles. The Morgan fingerprint density at radius 3 is 2.42 bits per heavy atom. The number of rotatable bonds is 9. The summed E-state index contributed by atoms with van der Waals surface area (Å²) in [7, 11) is 0. The first-order chi connectivity index (χ1) is 14.8. The second-order valence-corrected chi connectivity index (χ2v) is 8.12. The van der Waals surface area contributed by atoms with Crippen molar-refractivity contribution in [3.05, 3.63) is 28.4 Å². The standard InChI is InChI=1S/C20H23N3O8/c24-19(25)18(20(26)27)31-14-5-3-13(4-6-14)22-9-12-7-16(23(28)29)17(8-15(12)21-22)30-10-11-1-2-11/h7-9,11,13-14,18H,1-6,10H2,(H,24,25)(H,26,27). The number of hydrogen-bond donors (Lipinski definition) is 2. The average Bonchev–Trinajstić information content (AvgIpc) is 3.46. The number of carboxylic acids is 2. The molecule has 0 bridgehead atoms. The highest BCUT2D eigenvalue weighted by Gasteiger charge is 2.33. The number of carboxylic acid groups (broad SMARTS) is 2. The van der Waals surface area contributed by atoms with Crippen LogP contribution in [0.2, 0.25) is 0 Å². The van der Waals surface area contributed by atoms with Crippen molar-refractivity contribution in [1.29, 1.82) is 0 Å².